The number of carbonyl (C=O) groups is 1. The number of hydrogen-bond acceptors (Lipinski definition) is 9. The van der Waals surface area contributed by atoms with Gasteiger partial charge in [0.05, 0.1) is 45.2 Å². The van der Waals surface area contributed by atoms with Crippen molar-refractivity contribution < 1.29 is 37.3 Å². The number of hydrogen-bond donors (Lipinski definition) is 2. The second-order valence-corrected chi connectivity index (χ2v) is 10.4. The number of fused-ring (bicyclic) bond motifs is 1. The molecule has 0 aliphatic heterocycles. The Morgan fingerprint density at radius 2 is 1.59 bits per heavy atom. The van der Waals surface area contributed by atoms with Crippen LogP contribution < -0.4 is 28.7 Å². The van der Waals surface area contributed by atoms with Crippen molar-refractivity contribution in [2.75, 3.05) is 39.3 Å². The van der Waals surface area contributed by atoms with Crippen LogP contribution in [0.15, 0.2) is 82.8 Å². The zero-order valence-electron chi connectivity index (χ0n) is 22.8. The highest BCUT2D eigenvalue weighted by molar-refractivity contribution is 7.92. The highest BCUT2D eigenvalue weighted by atomic mass is 32.2. The maximum Gasteiger partial charge on any atom is 0.265 e. The van der Waals surface area contributed by atoms with E-state index in [-0.39, 0.29) is 27.8 Å². The molecule has 0 bridgehead atoms. The van der Waals surface area contributed by atoms with Gasteiger partial charge in [0.15, 0.2) is 11.5 Å². The highest BCUT2D eigenvalue weighted by Gasteiger charge is 2.31. The molecule has 41 heavy (non-hydrogen) atoms. The van der Waals surface area contributed by atoms with Crippen LogP contribution in [0.1, 0.15) is 5.56 Å². The number of hydrazone groups is 1. The molecular formula is C29H29N3O8S. The van der Waals surface area contributed by atoms with Crippen LogP contribution in [0.25, 0.3) is 10.8 Å². The summed E-state index contributed by atoms with van der Waals surface area (Å²) in [4.78, 5) is 13.0. The zero-order chi connectivity index (χ0) is 29.6. The van der Waals surface area contributed by atoms with Gasteiger partial charge in [-0.25, -0.2) is 13.8 Å². The summed E-state index contributed by atoms with van der Waals surface area (Å²) < 4.78 is 50.1. The fraction of sp³-hybridized carbons (Fsp3) is 0.172. The maximum absolute atomic E-state index is 14.0. The lowest BCUT2D eigenvalue weighted by molar-refractivity contribution is -0.119. The van der Waals surface area contributed by atoms with Crippen molar-refractivity contribution in [2.24, 2.45) is 5.10 Å². The number of sulfonamides is 1. The first-order valence-electron chi connectivity index (χ1n) is 12.2. The summed E-state index contributed by atoms with van der Waals surface area (Å²) in [5.41, 5.74) is 2.81. The van der Waals surface area contributed by atoms with E-state index in [0.717, 1.165) is 15.1 Å². The lowest BCUT2D eigenvalue weighted by atomic mass is 10.0. The first-order chi connectivity index (χ1) is 19.7. The molecule has 4 rings (SSSR count). The number of anilines is 1. The molecule has 0 fully saturated rings. The van der Waals surface area contributed by atoms with Crippen molar-refractivity contribution in [3.05, 3.63) is 78.4 Å². The van der Waals surface area contributed by atoms with Crippen molar-refractivity contribution in [1.29, 1.82) is 0 Å². The number of phenols is 1. The van der Waals surface area contributed by atoms with Gasteiger partial charge in [-0.1, -0.05) is 30.3 Å². The average Bonchev–Trinajstić information content (AvgIpc) is 3.00. The van der Waals surface area contributed by atoms with Gasteiger partial charge >= 0.3 is 0 Å². The number of rotatable bonds is 11. The fourth-order valence-electron chi connectivity index (χ4n) is 4.15. The third kappa shape index (κ3) is 6.12. The van der Waals surface area contributed by atoms with Crippen LogP contribution in [0.4, 0.5) is 5.69 Å². The second-order valence-electron chi connectivity index (χ2n) is 8.58. The Labute approximate surface area is 237 Å². The molecular weight excluding hydrogens is 550 g/mol. The van der Waals surface area contributed by atoms with Gasteiger partial charge in [-0.2, -0.15) is 5.10 Å². The average molecular weight is 580 g/mol. The Bertz CT molecular complexity index is 1710. The summed E-state index contributed by atoms with van der Waals surface area (Å²) in [6.45, 7) is -0.668. The minimum Gasteiger partial charge on any atom is -0.507 e. The smallest absolute Gasteiger partial charge is 0.265 e. The molecule has 0 aromatic heterocycles. The number of aromatic hydroxyl groups is 1. The molecule has 0 heterocycles. The van der Waals surface area contributed by atoms with Crippen LogP contribution in [-0.4, -0.2) is 60.6 Å². The summed E-state index contributed by atoms with van der Waals surface area (Å²) in [5, 5.41) is 15.9. The number of nitrogens with one attached hydrogen (secondary N) is 1. The number of phenolic OH excluding ortho intramolecular Hbond substituents is 1. The Balaban J connectivity index is 1.71. The molecule has 11 nitrogen and oxygen atoms in total. The molecule has 0 aliphatic rings. The largest absolute Gasteiger partial charge is 0.507 e. The van der Waals surface area contributed by atoms with E-state index in [4.69, 9.17) is 18.9 Å². The van der Waals surface area contributed by atoms with Gasteiger partial charge in [-0.3, -0.25) is 9.10 Å². The topological polar surface area (TPSA) is 136 Å². The van der Waals surface area contributed by atoms with Crippen molar-refractivity contribution in [3.8, 4) is 28.7 Å². The van der Waals surface area contributed by atoms with Gasteiger partial charge in [0.2, 0.25) is 0 Å². The van der Waals surface area contributed by atoms with Gasteiger partial charge in [-0.15, -0.1) is 0 Å². The lowest BCUT2D eigenvalue weighted by Crippen LogP contribution is -2.39. The summed E-state index contributed by atoms with van der Waals surface area (Å²) in [7, 11) is 1.27. The van der Waals surface area contributed by atoms with Gasteiger partial charge in [0, 0.05) is 17.7 Å². The zero-order valence-corrected chi connectivity index (χ0v) is 23.6. The molecule has 0 spiro atoms. The van der Waals surface area contributed by atoms with E-state index in [0.29, 0.717) is 17.1 Å². The van der Waals surface area contributed by atoms with Crippen molar-refractivity contribution in [2.45, 2.75) is 4.90 Å². The Morgan fingerprint density at radius 3 is 2.29 bits per heavy atom. The maximum atomic E-state index is 14.0. The van der Waals surface area contributed by atoms with Crippen LogP contribution >= 0.6 is 0 Å². The standard InChI is InChI=1S/C29H29N3O8S/c1-37-20-10-13-26(38-2)24(15-20)32(41(35,36)21-11-14-27(39-3)28(16-21)40-4)18-29(34)31-30-17-23-22-8-6-5-7-19(22)9-12-25(23)33/h5-17,33H,18H2,1-4H3,(H,31,34)/b30-17-. The number of nitrogens with zero attached hydrogens (tertiary/aromatic N) is 2. The minimum absolute atomic E-state index is 0.0273. The molecule has 4 aromatic carbocycles. The van der Waals surface area contributed by atoms with Crippen LogP contribution in [0.2, 0.25) is 0 Å². The van der Waals surface area contributed by atoms with E-state index in [1.807, 2.05) is 24.3 Å². The normalized spacial score (nSPS) is 11.3. The molecule has 0 unspecified atom stereocenters. The molecule has 0 saturated heterocycles. The molecule has 1 amide bonds. The molecule has 0 aliphatic carbocycles. The van der Waals surface area contributed by atoms with E-state index in [9.17, 15) is 18.3 Å². The van der Waals surface area contributed by atoms with E-state index < -0.39 is 22.5 Å². The van der Waals surface area contributed by atoms with Crippen molar-refractivity contribution in [3.63, 3.8) is 0 Å². The van der Waals surface area contributed by atoms with Gasteiger partial charge in [0.1, 0.15) is 23.8 Å². The van der Waals surface area contributed by atoms with Crippen molar-refractivity contribution >= 4 is 38.6 Å². The molecule has 2 N–H and O–H groups in total. The predicted octanol–water partition coefficient (Wildman–Crippen LogP) is 3.93. The number of carbonyl (C=O) groups excluding carboxylic acids is 1. The molecule has 214 valence electrons. The predicted molar refractivity (Wildman–Crippen MR) is 155 cm³/mol. The molecule has 4 aromatic rings. The Kier molecular flexibility index (Phi) is 8.83. The highest BCUT2D eigenvalue weighted by Crippen LogP contribution is 2.37. The van der Waals surface area contributed by atoms with E-state index in [1.165, 1.54) is 71.1 Å². The van der Waals surface area contributed by atoms with E-state index in [2.05, 4.69) is 10.5 Å². The second kappa shape index (κ2) is 12.5. The van der Waals surface area contributed by atoms with E-state index in [1.54, 1.807) is 12.1 Å². The van der Waals surface area contributed by atoms with Crippen LogP contribution in [0.3, 0.4) is 0 Å². The molecule has 0 atom stereocenters. The van der Waals surface area contributed by atoms with Gasteiger partial charge in [-0.05, 0) is 41.1 Å². The molecule has 0 radical (unpaired) electrons. The lowest BCUT2D eigenvalue weighted by Gasteiger charge is -2.26. The van der Waals surface area contributed by atoms with Crippen LogP contribution in [0, 0.1) is 0 Å². The first kappa shape index (κ1) is 29.0. The SMILES string of the molecule is COc1ccc(OC)c(N(CC(=O)N/N=C\c2c(O)ccc3ccccc23)S(=O)(=O)c2ccc(OC)c(OC)c2)c1. The molecule has 12 heteroatoms. The minimum atomic E-state index is -4.37. The number of amides is 1. The third-order valence-corrected chi connectivity index (χ3v) is 7.97. The summed E-state index contributed by atoms with van der Waals surface area (Å²) in [6.07, 6.45) is 1.30. The van der Waals surface area contributed by atoms with Crippen molar-refractivity contribution in [1.82, 2.24) is 5.43 Å². The number of benzene rings is 4. The van der Waals surface area contributed by atoms with Gasteiger partial charge < -0.3 is 24.1 Å². The monoisotopic (exact) mass is 579 g/mol. The Morgan fingerprint density at radius 1 is 0.878 bits per heavy atom. The quantitative estimate of drug-likeness (QED) is 0.202. The number of ether oxygens (including phenoxy) is 4. The summed E-state index contributed by atoms with van der Waals surface area (Å²) in [5.74, 6) is 0.274. The van der Waals surface area contributed by atoms with Gasteiger partial charge in [0.25, 0.3) is 15.9 Å². The fourth-order valence-corrected chi connectivity index (χ4v) is 5.59. The summed E-state index contributed by atoms with van der Waals surface area (Å²) >= 11 is 0. The van der Waals surface area contributed by atoms with Crippen LogP contribution in [0.5, 0.6) is 28.7 Å². The number of methoxy groups -OCH3 is 4. The third-order valence-electron chi connectivity index (χ3n) is 6.22. The molecule has 0 saturated carbocycles. The van der Waals surface area contributed by atoms with Crippen LogP contribution in [-0.2, 0) is 14.8 Å². The first-order valence-corrected chi connectivity index (χ1v) is 13.7. The summed E-state index contributed by atoms with van der Waals surface area (Å²) in [6, 6.07) is 19.3. The Hall–Kier alpha value is -4.97. The van der Waals surface area contributed by atoms with E-state index >= 15 is 0 Å².